The van der Waals surface area contributed by atoms with Crippen LogP contribution in [0.4, 0.5) is 0 Å². The summed E-state index contributed by atoms with van der Waals surface area (Å²) < 4.78 is 44.1. The standard InChI is InChI=1S/C28H54O7S/c1-5-9-13-15-19-24(17-11-7-3)22-34-27(29)21-26(36(31,32)33)28(30)35-23-25(18-12-8-4)20-16-14-10-6-2/h24-26H,5-23H2,1-4H3,(H,31,32,33). The zero-order valence-corrected chi connectivity index (χ0v) is 24.3. The first-order valence-electron chi connectivity index (χ1n) is 14.5. The quantitative estimate of drug-likeness (QED) is 0.0788. The molecular weight excluding hydrogens is 480 g/mol. The number of hydrogen-bond acceptors (Lipinski definition) is 6. The van der Waals surface area contributed by atoms with E-state index < -0.39 is 33.7 Å². The predicted molar refractivity (Wildman–Crippen MR) is 145 cm³/mol. The van der Waals surface area contributed by atoms with Gasteiger partial charge < -0.3 is 9.47 Å². The fourth-order valence-corrected chi connectivity index (χ4v) is 5.01. The fourth-order valence-electron chi connectivity index (χ4n) is 4.35. The molecule has 0 aromatic heterocycles. The minimum Gasteiger partial charge on any atom is -0.465 e. The first kappa shape index (κ1) is 34.9. The molecule has 1 N–H and O–H groups in total. The molecule has 0 spiro atoms. The first-order chi connectivity index (χ1) is 17.2. The van der Waals surface area contributed by atoms with Gasteiger partial charge in [-0.25, -0.2) is 0 Å². The average Bonchev–Trinajstić information content (AvgIpc) is 2.84. The molecule has 0 aliphatic heterocycles. The molecule has 3 unspecified atom stereocenters. The van der Waals surface area contributed by atoms with Gasteiger partial charge in [-0.1, -0.05) is 105 Å². The molecule has 0 radical (unpaired) electrons. The Morgan fingerprint density at radius 2 is 1.06 bits per heavy atom. The van der Waals surface area contributed by atoms with Gasteiger partial charge in [-0.3, -0.25) is 14.1 Å². The number of hydrogen-bond donors (Lipinski definition) is 1. The van der Waals surface area contributed by atoms with E-state index in [4.69, 9.17) is 9.47 Å². The molecule has 0 amide bonds. The maximum absolute atomic E-state index is 12.6. The van der Waals surface area contributed by atoms with Gasteiger partial charge in [0, 0.05) is 0 Å². The number of unbranched alkanes of at least 4 members (excludes halogenated alkanes) is 8. The highest BCUT2D eigenvalue weighted by Crippen LogP contribution is 2.20. The maximum atomic E-state index is 12.6. The van der Waals surface area contributed by atoms with Crippen molar-refractivity contribution < 1.29 is 32.0 Å². The highest BCUT2D eigenvalue weighted by atomic mass is 32.2. The van der Waals surface area contributed by atoms with Crippen molar-refractivity contribution in [1.82, 2.24) is 0 Å². The third kappa shape index (κ3) is 18.1. The zero-order chi connectivity index (χ0) is 27.2. The van der Waals surface area contributed by atoms with Gasteiger partial charge >= 0.3 is 11.9 Å². The van der Waals surface area contributed by atoms with Crippen molar-refractivity contribution in [3.05, 3.63) is 0 Å². The Bertz CT molecular complexity index is 663. The monoisotopic (exact) mass is 534 g/mol. The van der Waals surface area contributed by atoms with Gasteiger partial charge in [0.25, 0.3) is 10.1 Å². The van der Waals surface area contributed by atoms with Crippen LogP contribution in [-0.2, 0) is 29.2 Å². The molecular formula is C28H54O7S. The van der Waals surface area contributed by atoms with E-state index >= 15 is 0 Å². The molecule has 36 heavy (non-hydrogen) atoms. The topological polar surface area (TPSA) is 107 Å². The summed E-state index contributed by atoms with van der Waals surface area (Å²) in [7, 11) is -4.80. The van der Waals surface area contributed by atoms with Crippen LogP contribution in [0.15, 0.2) is 0 Å². The number of esters is 2. The molecule has 0 saturated carbocycles. The zero-order valence-electron chi connectivity index (χ0n) is 23.5. The Kier molecular flexibility index (Phi) is 21.2. The van der Waals surface area contributed by atoms with Crippen molar-refractivity contribution >= 4 is 22.1 Å². The SMILES string of the molecule is CCCCCCC(CCCC)COC(=O)CC(C(=O)OCC(CCCC)CCCCCC)S(=O)(=O)O. The molecule has 0 aromatic rings. The van der Waals surface area contributed by atoms with Crippen molar-refractivity contribution in [1.29, 1.82) is 0 Å². The normalized spacial score (nSPS) is 14.2. The van der Waals surface area contributed by atoms with Gasteiger partial charge in [0.15, 0.2) is 5.25 Å². The van der Waals surface area contributed by atoms with E-state index in [1.54, 1.807) is 0 Å². The van der Waals surface area contributed by atoms with E-state index in [9.17, 15) is 22.6 Å². The van der Waals surface area contributed by atoms with Crippen LogP contribution in [0.3, 0.4) is 0 Å². The molecule has 0 rings (SSSR count). The summed E-state index contributed by atoms with van der Waals surface area (Å²) in [6.07, 6.45) is 16.1. The van der Waals surface area contributed by atoms with E-state index in [0.717, 1.165) is 96.3 Å². The Morgan fingerprint density at radius 3 is 1.47 bits per heavy atom. The van der Waals surface area contributed by atoms with Gasteiger partial charge in [0.05, 0.1) is 19.6 Å². The highest BCUT2D eigenvalue weighted by molar-refractivity contribution is 7.87. The number of ether oxygens (including phenoxy) is 2. The van der Waals surface area contributed by atoms with Crippen molar-refractivity contribution in [2.24, 2.45) is 11.8 Å². The van der Waals surface area contributed by atoms with Gasteiger partial charge in [-0.05, 0) is 37.5 Å². The Morgan fingerprint density at radius 1 is 0.639 bits per heavy atom. The lowest BCUT2D eigenvalue weighted by molar-refractivity contribution is -0.151. The maximum Gasteiger partial charge on any atom is 0.327 e. The van der Waals surface area contributed by atoms with Gasteiger partial charge in [-0.2, -0.15) is 8.42 Å². The van der Waals surface area contributed by atoms with E-state index in [0.29, 0.717) is 0 Å². The molecule has 0 aliphatic rings. The molecule has 0 heterocycles. The molecule has 214 valence electrons. The lowest BCUT2D eigenvalue weighted by Gasteiger charge is -2.20. The van der Waals surface area contributed by atoms with Crippen LogP contribution >= 0.6 is 0 Å². The van der Waals surface area contributed by atoms with E-state index in [-0.39, 0.29) is 25.0 Å². The summed E-state index contributed by atoms with van der Waals surface area (Å²) >= 11 is 0. The van der Waals surface area contributed by atoms with Gasteiger partial charge in [0.2, 0.25) is 0 Å². The lowest BCUT2D eigenvalue weighted by atomic mass is 9.96. The average molecular weight is 535 g/mol. The van der Waals surface area contributed by atoms with Crippen LogP contribution in [0.2, 0.25) is 0 Å². The third-order valence-electron chi connectivity index (χ3n) is 6.78. The predicted octanol–water partition coefficient (Wildman–Crippen LogP) is 7.27. The summed E-state index contributed by atoms with van der Waals surface area (Å²) in [5.74, 6) is -1.51. The number of rotatable bonds is 24. The van der Waals surface area contributed by atoms with Crippen LogP contribution in [0, 0.1) is 11.8 Å². The summed E-state index contributed by atoms with van der Waals surface area (Å²) in [6, 6.07) is 0. The second-order valence-corrected chi connectivity index (χ2v) is 11.8. The largest absolute Gasteiger partial charge is 0.465 e. The van der Waals surface area contributed by atoms with Crippen molar-refractivity contribution in [2.75, 3.05) is 13.2 Å². The lowest BCUT2D eigenvalue weighted by Crippen LogP contribution is -2.35. The van der Waals surface area contributed by atoms with Crippen LogP contribution in [0.25, 0.3) is 0 Å². The molecule has 7 nitrogen and oxygen atoms in total. The minimum absolute atomic E-state index is 0.100. The van der Waals surface area contributed by atoms with Crippen LogP contribution in [0.1, 0.15) is 137 Å². The summed E-state index contributed by atoms with van der Waals surface area (Å²) in [4.78, 5) is 25.0. The minimum atomic E-state index is -4.80. The van der Waals surface area contributed by atoms with E-state index in [1.165, 1.54) is 6.42 Å². The van der Waals surface area contributed by atoms with E-state index in [2.05, 4.69) is 27.7 Å². The molecule has 8 heteroatoms. The van der Waals surface area contributed by atoms with Gasteiger partial charge in [-0.15, -0.1) is 0 Å². The number of carbonyl (C=O) groups excluding carboxylic acids is 2. The second-order valence-electron chi connectivity index (χ2n) is 10.2. The summed E-state index contributed by atoms with van der Waals surface area (Å²) in [5, 5.41) is -1.95. The summed E-state index contributed by atoms with van der Waals surface area (Å²) in [6.45, 7) is 8.82. The molecule has 0 bridgehead atoms. The fraction of sp³-hybridized carbons (Fsp3) is 0.929. The molecule has 0 aliphatic carbocycles. The van der Waals surface area contributed by atoms with Crippen molar-refractivity contribution in [3.63, 3.8) is 0 Å². The summed E-state index contributed by atoms with van der Waals surface area (Å²) in [5.41, 5.74) is 0. The molecule has 3 atom stereocenters. The third-order valence-corrected chi connectivity index (χ3v) is 7.86. The van der Waals surface area contributed by atoms with Crippen LogP contribution in [-0.4, -0.2) is 43.4 Å². The van der Waals surface area contributed by atoms with Crippen LogP contribution in [0.5, 0.6) is 0 Å². The number of carbonyl (C=O) groups is 2. The second kappa shape index (κ2) is 21.9. The Hall–Kier alpha value is -1.15. The molecule has 0 aromatic carbocycles. The molecule has 0 saturated heterocycles. The van der Waals surface area contributed by atoms with Crippen molar-refractivity contribution in [3.8, 4) is 0 Å². The van der Waals surface area contributed by atoms with Crippen molar-refractivity contribution in [2.45, 2.75) is 142 Å². The first-order valence-corrected chi connectivity index (χ1v) is 16.0. The molecule has 0 fully saturated rings. The highest BCUT2D eigenvalue weighted by Gasteiger charge is 2.36. The Labute approximate surface area is 221 Å². The van der Waals surface area contributed by atoms with Gasteiger partial charge in [0.1, 0.15) is 0 Å². The van der Waals surface area contributed by atoms with E-state index in [1.807, 2.05) is 0 Å². The van der Waals surface area contributed by atoms with Crippen LogP contribution < -0.4 is 0 Å². The smallest absolute Gasteiger partial charge is 0.327 e. The Balaban J connectivity index is 4.89.